The average Bonchev–Trinajstić information content (AvgIpc) is 3.06. The van der Waals surface area contributed by atoms with E-state index in [0.717, 1.165) is 28.8 Å². The number of hydrogen-bond donors (Lipinski definition) is 1. The molecule has 0 spiro atoms. The normalized spacial score (nSPS) is 18.0. The first-order valence-corrected chi connectivity index (χ1v) is 8.10. The van der Waals surface area contributed by atoms with Crippen molar-refractivity contribution in [2.75, 3.05) is 11.9 Å². The Morgan fingerprint density at radius 2 is 2.14 bits per heavy atom. The zero-order valence-corrected chi connectivity index (χ0v) is 12.9. The van der Waals surface area contributed by atoms with E-state index in [1.54, 1.807) is 11.3 Å². The minimum Gasteiger partial charge on any atom is -0.385 e. The van der Waals surface area contributed by atoms with Gasteiger partial charge in [0.05, 0.1) is 0 Å². The van der Waals surface area contributed by atoms with Crippen molar-refractivity contribution < 1.29 is 0 Å². The lowest BCUT2D eigenvalue weighted by Gasteiger charge is -2.24. The lowest BCUT2D eigenvalue weighted by atomic mass is 9.92. The molecule has 6 heteroatoms. The molecule has 0 fully saturated rings. The van der Waals surface area contributed by atoms with Crippen molar-refractivity contribution in [3.63, 3.8) is 0 Å². The van der Waals surface area contributed by atoms with Crippen LogP contribution in [0.5, 0.6) is 0 Å². The highest BCUT2D eigenvalue weighted by Crippen LogP contribution is 2.38. The van der Waals surface area contributed by atoms with Crippen molar-refractivity contribution in [1.82, 2.24) is 19.8 Å². The zero-order valence-electron chi connectivity index (χ0n) is 12.1. The summed E-state index contributed by atoms with van der Waals surface area (Å²) < 4.78 is 1.91. The number of para-hydroxylation sites is 1. The molecule has 1 aliphatic rings. The van der Waals surface area contributed by atoms with E-state index in [9.17, 15) is 0 Å². The van der Waals surface area contributed by atoms with Gasteiger partial charge in [0.2, 0.25) is 4.96 Å². The maximum atomic E-state index is 4.80. The molecular formula is C15H17N5S. The van der Waals surface area contributed by atoms with Crippen molar-refractivity contribution in [3.8, 4) is 0 Å². The quantitative estimate of drug-likeness (QED) is 0.789. The summed E-state index contributed by atoms with van der Waals surface area (Å²) in [5.74, 6) is 1.62. The molecule has 1 unspecified atom stereocenters. The number of anilines is 1. The van der Waals surface area contributed by atoms with Crippen molar-refractivity contribution in [2.24, 2.45) is 0 Å². The molecule has 0 aliphatic carbocycles. The first-order chi connectivity index (χ1) is 10.2. The van der Waals surface area contributed by atoms with E-state index in [1.807, 2.05) is 4.52 Å². The van der Waals surface area contributed by atoms with Gasteiger partial charge in [0.25, 0.3) is 0 Å². The van der Waals surface area contributed by atoms with E-state index in [0.29, 0.717) is 11.8 Å². The fourth-order valence-corrected chi connectivity index (χ4v) is 3.87. The SMILES string of the molecule is CC(C)c1nnc2sc(C3CCNc4ccccc43)nn12. The van der Waals surface area contributed by atoms with Gasteiger partial charge in [0.15, 0.2) is 5.82 Å². The van der Waals surface area contributed by atoms with Crippen molar-refractivity contribution in [2.45, 2.75) is 32.1 Å². The van der Waals surface area contributed by atoms with Crippen LogP contribution in [-0.4, -0.2) is 26.4 Å². The molecule has 4 rings (SSSR count). The Morgan fingerprint density at radius 3 is 3.00 bits per heavy atom. The molecule has 5 nitrogen and oxygen atoms in total. The molecule has 0 saturated carbocycles. The molecule has 0 radical (unpaired) electrons. The van der Waals surface area contributed by atoms with Crippen LogP contribution in [0.15, 0.2) is 24.3 Å². The lowest BCUT2D eigenvalue weighted by Crippen LogP contribution is -2.17. The van der Waals surface area contributed by atoms with Gasteiger partial charge in [-0.2, -0.15) is 9.61 Å². The van der Waals surface area contributed by atoms with Crippen molar-refractivity contribution >= 4 is 22.0 Å². The summed E-state index contributed by atoms with van der Waals surface area (Å²) in [7, 11) is 0. The highest BCUT2D eigenvalue weighted by molar-refractivity contribution is 7.16. The highest BCUT2D eigenvalue weighted by Gasteiger charge is 2.26. The summed E-state index contributed by atoms with van der Waals surface area (Å²) in [6, 6.07) is 8.50. The van der Waals surface area contributed by atoms with Gasteiger partial charge in [-0.15, -0.1) is 10.2 Å². The fraction of sp³-hybridized carbons (Fsp3) is 0.400. The number of aromatic nitrogens is 4. The summed E-state index contributed by atoms with van der Waals surface area (Å²) in [5.41, 5.74) is 2.56. The third-order valence-corrected chi connectivity index (χ3v) is 4.94. The second kappa shape index (κ2) is 4.80. The molecule has 0 amide bonds. The monoisotopic (exact) mass is 299 g/mol. The largest absolute Gasteiger partial charge is 0.385 e. The Balaban J connectivity index is 1.81. The topological polar surface area (TPSA) is 55.1 Å². The van der Waals surface area contributed by atoms with Crippen LogP contribution < -0.4 is 5.32 Å². The van der Waals surface area contributed by atoms with Crippen LogP contribution in [0.25, 0.3) is 4.96 Å². The molecule has 1 atom stereocenters. The number of benzene rings is 1. The Hall–Kier alpha value is -1.95. The van der Waals surface area contributed by atoms with E-state index < -0.39 is 0 Å². The van der Waals surface area contributed by atoms with Crippen molar-refractivity contribution in [1.29, 1.82) is 0 Å². The molecule has 1 N–H and O–H groups in total. The lowest BCUT2D eigenvalue weighted by molar-refractivity contribution is 0.674. The van der Waals surface area contributed by atoms with Crippen LogP contribution in [0.2, 0.25) is 0 Å². The minimum absolute atomic E-state index is 0.329. The molecule has 3 heterocycles. The second-order valence-electron chi connectivity index (χ2n) is 5.70. The summed E-state index contributed by atoms with van der Waals surface area (Å²) in [6.45, 7) is 5.23. The first kappa shape index (κ1) is 12.8. The maximum absolute atomic E-state index is 4.80. The third-order valence-electron chi connectivity index (χ3n) is 3.93. The molecule has 108 valence electrons. The van der Waals surface area contributed by atoms with Gasteiger partial charge < -0.3 is 5.32 Å². The molecular weight excluding hydrogens is 282 g/mol. The Labute approximate surface area is 127 Å². The maximum Gasteiger partial charge on any atom is 0.234 e. The zero-order chi connectivity index (χ0) is 14.4. The van der Waals surface area contributed by atoms with Crippen molar-refractivity contribution in [3.05, 3.63) is 40.7 Å². The summed E-state index contributed by atoms with van der Waals surface area (Å²) >= 11 is 1.66. The number of rotatable bonds is 2. The molecule has 0 saturated heterocycles. The van der Waals surface area contributed by atoms with Gasteiger partial charge in [-0.3, -0.25) is 0 Å². The Kier molecular flexibility index (Phi) is 2.92. The van der Waals surface area contributed by atoms with Crippen LogP contribution in [-0.2, 0) is 0 Å². The molecule has 1 aromatic carbocycles. The van der Waals surface area contributed by atoms with E-state index in [1.165, 1.54) is 11.3 Å². The van der Waals surface area contributed by atoms with Crippen LogP contribution in [0.1, 0.15) is 48.5 Å². The highest BCUT2D eigenvalue weighted by atomic mass is 32.1. The van der Waals surface area contributed by atoms with Crippen LogP contribution in [0, 0.1) is 0 Å². The third kappa shape index (κ3) is 2.01. The first-order valence-electron chi connectivity index (χ1n) is 7.29. The minimum atomic E-state index is 0.329. The number of hydrogen-bond acceptors (Lipinski definition) is 5. The second-order valence-corrected chi connectivity index (χ2v) is 6.69. The number of nitrogens with one attached hydrogen (secondary N) is 1. The summed E-state index contributed by atoms with van der Waals surface area (Å²) in [5, 5.41) is 17.9. The van der Waals surface area contributed by atoms with Gasteiger partial charge in [0, 0.05) is 24.1 Å². The fourth-order valence-electron chi connectivity index (χ4n) is 2.87. The predicted molar refractivity (Wildman–Crippen MR) is 84.1 cm³/mol. The molecule has 2 aromatic heterocycles. The summed E-state index contributed by atoms with van der Waals surface area (Å²) in [4.78, 5) is 0.893. The van der Waals surface area contributed by atoms with E-state index >= 15 is 0 Å². The Bertz CT molecular complexity index is 788. The molecule has 3 aromatic rings. The van der Waals surface area contributed by atoms with E-state index in [2.05, 4.69) is 53.6 Å². The molecule has 21 heavy (non-hydrogen) atoms. The summed E-state index contributed by atoms with van der Waals surface area (Å²) in [6.07, 6.45) is 1.07. The van der Waals surface area contributed by atoms with Crippen LogP contribution in [0.3, 0.4) is 0 Å². The van der Waals surface area contributed by atoms with E-state index in [4.69, 9.17) is 5.10 Å². The molecule has 0 bridgehead atoms. The average molecular weight is 299 g/mol. The van der Waals surface area contributed by atoms with Gasteiger partial charge in [-0.25, -0.2) is 0 Å². The van der Waals surface area contributed by atoms with E-state index in [-0.39, 0.29) is 0 Å². The van der Waals surface area contributed by atoms with Gasteiger partial charge in [-0.05, 0) is 18.1 Å². The Morgan fingerprint density at radius 1 is 1.29 bits per heavy atom. The smallest absolute Gasteiger partial charge is 0.234 e. The van der Waals surface area contributed by atoms with Gasteiger partial charge in [-0.1, -0.05) is 43.4 Å². The number of fused-ring (bicyclic) bond motifs is 2. The van der Waals surface area contributed by atoms with Gasteiger partial charge >= 0.3 is 0 Å². The van der Waals surface area contributed by atoms with Crippen LogP contribution >= 0.6 is 11.3 Å². The van der Waals surface area contributed by atoms with Gasteiger partial charge in [0.1, 0.15) is 5.01 Å². The standard InChI is InChI=1S/C15H17N5S/c1-9(2)13-17-18-15-20(13)19-14(21-15)11-7-8-16-12-6-4-3-5-10(11)12/h3-6,9,11,16H,7-8H2,1-2H3. The predicted octanol–water partition coefficient (Wildman–Crippen LogP) is 3.26. The number of nitrogens with zero attached hydrogens (tertiary/aromatic N) is 4. The van der Waals surface area contributed by atoms with Crippen LogP contribution in [0.4, 0.5) is 5.69 Å². The molecule has 1 aliphatic heterocycles.